The van der Waals surface area contributed by atoms with Crippen LogP contribution in [-0.2, 0) is 9.47 Å². The molecule has 28 heavy (non-hydrogen) atoms. The van der Waals surface area contributed by atoms with Crippen molar-refractivity contribution in [1.29, 1.82) is 0 Å². The van der Waals surface area contributed by atoms with Crippen LogP contribution in [0.5, 0.6) is 0 Å². The monoisotopic (exact) mass is 508 g/mol. The first-order valence-electron chi connectivity index (χ1n) is 11.1. The number of rotatable bonds is 8. The number of nitrogens with one attached hydrogen (secondary N) is 1. The van der Waals surface area contributed by atoms with Crippen LogP contribution in [0.25, 0.3) is 0 Å². The highest BCUT2D eigenvalue weighted by molar-refractivity contribution is 14.0. The highest BCUT2D eigenvalue weighted by atomic mass is 127. The van der Waals surface area contributed by atoms with Crippen LogP contribution >= 0.6 is 24.0 Å². The number of halogens is 1. The van der Waals surface area contributed by atoms with E-state index in [1.54, 1.807) is 0 Å². The van der Waals surface area contributed by atoms with Gasteiger partial charge in [-0.1, -0.05) is 0 Å². The Hall–Kier alpha value is -0.120. The highest BCUT2D eigenvalue weighted by Gasteiger charge is 2.30. The minimum atomic E-state index is 0. The van der Waals surface area contributed by atoms with Crippen molar-refractivity contribution in [3.63, 3.8) is 0 Å². The van der Waals surface area contributed by atoms with Gasteiger partial charge in [-0.3, -0.25) is 9.89 Å². The topological polar surface area (TPSA) is 49.3 Å². The summed E-state index contributed by atoms with van der Waals surface area (Å²) < 4.78 is 11.9. The summed E-state index contributed by atoms with van der Waals surface area (Å²) in [7, 11) is 1.90. The lowest BCUT2D eigenvalue weighted by atomic mass is 10.1. The van der Waals surface area contributed by atoms with Crippen LogP contribution in [0.2, 0.25) is 0 Å². The van der Waals surface area contributed by atoms with E-state index in [0.717, 1.165) is 70.7 Å². The van der Waals surface area contributed by atoms with Gasteiger partial charge >= 0.3 is 0 Å². The summed E-state index contributed by atoms with van der Waals surface area (Å²) in [6.45, 7) is 10.4. The Kier molecular flexibility index (Phi) is 10.8. The van der Waals surface area contributed by atoms with Crippen LogP contribution in [0, 0.1) is 0 Å². The third kappa shape index (κ3) is 7.61. The molecule has 7 heteroatoms. The van der Waals surface area contributed by atoms with E-state index in [1.807, 2.05) is 7.05 Å². The summed E-state index contributed by atoms with van der Waals surface area (Å²) in [5.74, 6) is 1.04. The van der Waals surface area contributed by atoms with Crippen LogP contribution in [0.3, 0.4) is 0 Å². The van der Waals surface area contributed by atoms with Gasteiger partial charge in [-0.2, -0.15) is 0 Å². The Labute approximate surface area is 188 Å². The molecule has 1 atom stereocenters. The van der Waals surface area contributed by atoms with Gasteiger partial charge in [0.2, 0.25) is 0 Å². The summed E-state index contributed by atoms with van der Waals surface area (Å²) in [6.07, 6.45) is 9.22. The average molecular weight is 508 g/mol. The Morgan fingerprint density at radius 2 is 1.93 bits per heavy atom. The van der Waals surface area contributed by atoms with Gasteiger partial charge < -0.3 is 19.7 Å². The summed E-state index contributed by atoms with van der Waals surface area (Å²) in [5.41, 5.74) is 0. The van der Waals surface area contributed by atoms with E-state index in [1.165, 1.54) is 25.7 Å². The van der Waals surface area contributed by atoms with Crippen molar-refractivity contribution in [1.82, 2.24) is 15.1 Å². The van der Waals surface area contributed by atoms with Crippen LogP contribution in [-0.4, -0.2) is 86.5 Å². The number of guanidine groups is 1. The molecule has 0 bridgehead atoms. The number of likely N-dealkylation sites (tertiary alicyclic amines) is 1. The third-order valence-electron chi connectivity index (χ3n) is 6.08. The van der Waals surface area contributed by atoms with Crippen LogP contribution < -0.4 is 5.32 Å². The van der Waals surface area contributed by atoms with Gasteiger partial charge in [-0.25, -0.2) is 0 Å². The molecule has 1 aliphatic carbocycles. The maximum atomic E-state index is 6.14. The number of piperidine rings is 1. The fourth-order valence-electron chi connectivity index (χ4n) is 4.31. The Morgan fingerprint density at radius 3 is 2.50 bits per heavy atom. The molecule has 0 aromatic rings. The van der Waals surface area contributed by atoms with Gasteiger partial charge in [0.25, 0.3) is 0 Å². The predicted octanol–water partition coefficient (Wildman–Crippen LogP) is 3.10. The second kappa shape index (κ2) is 12.5. The van der Waals surface area contributed by atoms with Crippen LogP contribution in [0.4, 0.5) is 0 Å². The quantitative estimate of drug-likeness (QED) is 0.310. The maximum absolute atomic E-state index is 6.14. The van der Waals surface area contributed by atoms with E-state index in [9.17, 15) is 0 Å². The van der Waals surface area contributed by atoms with Crippen molar-refractivity contribution < 1.29 is 9.47 Å². The minimum Gasteiger partial charge on any atom is -0.376 e. The van der Waals surface area contributed by atoms with Crippen molar-refractivity contribution in [2.45, 2.75) is 83.1 Å². The van der Waals surface area contributed by atoms with Gasteiger partial charge in [0.1, 0.15) is 0 Å². The molecule has 0 amide bonds. The normalized spacial score (nSPS) is 24.5. The van der Waals surface area contributed by atoms with Crippen molar-refractivity contribution in [2.75, 3.05) is 46.4 Å². The summed E-state index contributed by atoms with van der Waals surface area (Å²) in [6, 6.07) is 1.44. The van der Waals surface area contributed by atoms with Gasteiger partial charge in [0.15, 0.2) is 5.96 Å². The molecule has 0 spiro atoms. The third-order valence-corrected chi connectivity index (χ3v) is 6.08. The van der Waals surface area contributed by atoms with E-state index < -0.39 is 0 Å². The second-order valence-corrected chi connectivity index (χ2v) is 8.55. The Morgan fingerprint density at radius 1 is 1.18 bits per heavy atom. The summed E-state index contributed by atoms with van der Waals surface area (Å²) in [4.78, 5) is 9.51. The smallest absolute Gasteiger partial charge is 0.193 e. The average Bonchev–Trinajstić information content (AvgIpc) is 3.53. The lowest BCUT2D eigenvalue weighted by Gasteiger charge is -2.35. The number of ether oxygens (including phenoxy) is 2. The molecule has 0 aromatic heterocycles. The van der Waals surface area contributed by atoms with E-state index in [0.29, 0.717) is 18.2 Å². The van der Waals surface area contributed by atoms with Gasteiger partial charge in [-0.15, -0.1) is 24.0 Å². The zero-order valence-corrected chi connectivity index (χ0v) is 20.4. The zero-order chi connectivity index (χ0) is 19.1. The molecular weight excluding hydrogens is 467 g/mol. The minimum absolute atomic E-state index is 0. The number of hydrogen-bond acceptors (Lipinski definition) is 4. The van der Waals surface area contributed by atoms with Crippen LogP contribution in [0.1, 0.15) is 58.8 Å². The number of aliphatic imine (C=N–C) groups is 1. The first kappa shape index (κ1) is 24.2. The largest absolute Gasteiger partial charge is 0.376 e. The molecule has 2 saturated heterocycles. The molecule has 2 heterocycles. The fourth-order valence-corrected chi connectivity index (χ4v) is 4.31. The lowest BCUT2D eigenvalue weighted by molar-refractivity contribution is -0.0721. The molecule has 3 aliphatic rings. The molecule has 1 saturated carbocycles. The van der Waals surface area contributed by atoms with Crippen LogP contribution in [0.15, 0.2) is 4.99 Å². The fraction of sp³-hybridized carbons (Fsp3) is 0.952. The first-order valence-corrected chi connectivity index (χ1v) is 11.1. The van der Waals surface area contributed by atoms with Crippen molar-refractivity contribution in [3.05, 3.63) is 0 Å². The lowest BCUT2D eigenvalue weighted by Crippen LogP contribution is -2.49. The number of nitrogens with zero attached hydrogens (tertiary/aromatic N) is 3. The molecule has 1 N–H and O–H groups in total. The molecule has 164 valence electrons. The standard InChI is InChI=1S/C21H40N4O2.HI/c1-17(2)25(18-7-8-18)14-11-23-21(22-3)24-12-9-19(10-13-24)27-16-20-6-4-5-15-26-20;/h17-20H,4-16H2,1-3H3,(H,22,23);1H. The molecule has 2 aliphatic heterocycles. The van der Waals surface area contributed by atoms with Gasteiger partial charge in [0.05, 0.1) is 18.8 Å². The van der Waals surface area contributed by atoms with E-state index in [2.05, 4.69) is 34.0 Å². The Balaban J connectivity index is 0.00000280. The highest BCUT2D eigenvalue weighted by Crippen LogP contribution is 2.28. The summed E-state index contributed by atoms with van der Waals surface area (Å²) in [5, 5.41) is 3.58. The van der Waals surface area contributed by atoms with E-state index in [4.69, 9.17) is 9.47 Å². The maximum Gasteiger partial charge on any atom is 0.193 e. The van der Waals surface area contributed by atoms with Crippen molar-refractivity contribution >= 4 is 29.9 Å². The van der Waals surface area contributed by atoms with Gasteiger partial charge in [-0.05, 0) is 58.8 Å². The molecule has 0 aromatic carbocycles. The molecule has 1 unspecified atom stereocenters. The SMILES string of the molecule is CN=C(NCCN(C(C)C)C1CC1)N1CCC(OCC2CCCCO2)CC1.I. The summed E-state index contributed by atoms with van der Waals surface area (Å²) >= 11 is 0. The molecule has 3 fully saturated rings. The molecule has 3 rings (SSSR count). The molecular formula is C21H41IN4O2. The first-order chi connectivity index (χ1) is 13.2. The molecule has 6 nitrogen and oxygen atoms in total. The van der Waals surface area contributed by atoms with Gasteiger partial charge in [0, 0.05) is 51.9 Å². The molecule has 0 radical (unpaired) electrons. The Bertz CT molecular complexity index is 457. The second-order valence-electron chi connectivity index (χ2n) is 8.55. The zero-order valence-electron chi connectivity index (χ0n) is 18.1. The predicted molar refractivity (Wildman–Crippen MR) is 126 cm³/mol. The number of hydrogen-bond donors (Lipinski definition) is 1. The van der Waals surface area contributed by atoms with E-state index in [-0.39, 0.29) is 24.0 Å². The van der Waals surface area contributed by atoms with E-state index >= 15 is 0 Å². The van der Waals surface area contributed by atoms with Crippen molar-refractivity contribution in [3.8, 4) is 0 Å². The van der Waals surface area contributed by atoms with Crippen molar-refractivity contribution in [2.24, 2.45) is 4.99 Å².